The van der Waals surface area contributed by atoms with Gasteiger partial charge in [0.1, 0.15) is 0 Å². The smallest absolute Gasteiger partial charge is 0.244 e. The summed E-state index contributed by atoms with van der Waals surface area (Å²) >= 11 is 3.25. The zero-order valence-electron chi connectivity index (χ0n) is 15.6. The van der Waals surface area contributed by atoms with Crippen molar-refractivity contribution >= 4 is 35.8 Å². The van der Waals surface area contributed by atoms with E-state index in [1.165, 1.54) is 22.5 Å². The van der Waals surface area contributed by atoms with Crippen molar-refractivity contribution in [3.05, 3.63) is 22.7 Å². The molecule has 0 saturated carbocycles. The van der Waals surface area contributed by atoms with Crippen molar-refractivity contribution < 1.29 is 16.8 Å². The maximum absolute atomic E-state index is 13.0. The van der Waals surface area contributed by atoms with Gasteiger partial charge in [-0.15, -0.1) is 0 Å². The third-order valence-corrected chi connectivity index (χ3v) is 8.95. The highest BCUT2D eigenvalue weighted by Gasteiger charge is 2.32. The van der Waals surface area contributed by atoms with Gasteiger partial charge in [-0.25, -0.2) is 16.8 Å². The predicted octanol–water partition coefficient (Wildman–Crippen LogP) is 2.59. The lowest BCUT2D eigenvalue weighted by atomic mass is 9.97. The minimum atomic E-state index is -3.74. The molecule has 148 valence electrons. The Hall–Kier alpha value is -0.480. The molecule has 0 spiro atoms. The van der Waals surface area contributed by atoms with Gasteiger partial charge in [0, 0.05) is 36.4 Å². The van der Waals surface area contributed by atoms with Gasteiger partial charge in [-0.3, -0.25) is 0 Å². The lowest BCUT2D eigenvalue weighted by molar-refractivity contribution is 0.182. The summed E-state index contributed by atoms with van der Waals surface area (Å²) in [6, 6.07) is 4.60. The van der Waals surface area contributed by atoms with Crippen LogP contribution in [0, 0.1) is 5.92 Å². The second-order valence-corrected chi connectivity index (χ2v) is 12.0. The summed E-state index contributed by atoms with van der Waals surface area (Å²) in [4.78, 5) is 2.30. The molecule has 1 aromatic carbocycles. The van der Waals surface area contributed by atoms with Gasteiger partial charge < -0.3 is 4.90 Å². The van der Waals surface area contributed by atoms with E-state index in [2.05, 4.69) is 41.7 Å². The zero-order chi connectivity index (χ0) is 19.7. The van der Waals surface area contributed by atoms with Gasteiger partial charge in [-0.05, 0) is 73.8 Å². The molecule has 1 fully saturated rings. The number of nitrogens with zero attached hydrogens (tertiary/aromatic N) is 2. The Bertz CT molecular complexity index is 846. The van der Waals surface area contributed by atoms with Crippen LogP contribution < -0.4 is 0 Å². The van der Waals surface area contributed by atoms with Crippen LogP contribution in [0.2, 0.25) is 0 Å². The van der Waals surface area contributed by atoms with E-state index in [4.69, 9.17) is 0 Å². The van der Waals surface area contributed by atoms with E-state index >= 15 is 0 Å². The fourth-order valence-corrected chi connectivity index (χ4v) is 6.14. The standard InChI is InChI=1S/C17H27BrN2O4S2/c1-13(2)19(3)12-14-7-9-20(10-8-14)26(23,24)17-11-15(25(4,21)22)5-6-16(17)18/h5-6,11,13-14H,7-10,12H2,1-4H3. The molecule has 6 nitrogen and oxygen atoms in total. The molecule has 0 aliphatic carbocycles. The average Bonchev–Trinajstić information content (AvgIpc) is 2.54. The number of hydrogen-bond donors (Lipinski definition) is 0. The molecule has 0 N–H and O–H groups in total. The second-order valence-electron chi connectivity index (χ2n) is 7.25. The number of rotatable bonds is 6. The van der Waals surface area contributed by atoms with E-state index in [1.807, 2.05) is 0 Å². The van der Waals surface area contributed by atoms with Crippen LogP contribution in [0.5, 0.6) is 0 Å². The molecule has 0 aromatic heterocycles. The molecule has 0 bridgehead atoms. The number of benzene rings is 1. The quantitative estimate of drug-likeness (QED) is 0.643. The van der Waals surface area contributed by atoms with Crippen LogP contribution in [-0.4, -0.2) is 65.0 Å². The van der Waals surface area contributed by atoms with Crippen molar-refractivity contribution in [1.82, 2.24) is 9.21 Å². The highest BCUT2D eigenvalue weighted by Crippen LogP contribution is 2.30. The summed E-state index contributed by atoms with van der Waals surface area (Å²) < 4.78 is 51.4. The molecular weight excluding hydrogens is 440 g/mol. The van der Waals surface area contributed by atoms with Crippen molar-refractivity contribution in [3.63, 3.8) is 0 Å². The first-order valence-corrected chi connectivity index (χ1v) is 12.8. The summed E-state index contributed by atoms with van der Waals surface area (Å²) in [7, 11) is -5.12. The molecule has 2 rings (SSSR count). The molecule has 1 aliphatic rings. The minimum absolute atomic E-state index is 0.00715. The summed E-state index contributed by atoms with van der Waals surface area (Å²) in [5, 5.41) is 0. The zero-order valence-corrected chi connectivity index (χ0v) is 18.9. The van der Waals surface area contributed by atoms with Crippen LogP contribution in [0.4, 0.5) is 0 Å². The number of sulfone groups is 1. The first-order valence-electron chi connectivity index (χ1n) is 8.63. The number of sulfonamides is 1. The maximum Gasteiger partial charge on any atom is 0.244 e. The Balaban J connectivity index is 2.17. The monoisotopic (exact) mass is 466 g/mol. The van der Waals surface area contributed by atoms with Crippen molar-refractivity contribution in [3.8, 4) is 0 Å². The van der Waals surface area contributed by atoms with E-state index in [9.17, 15) is 16.8 Å². The largest absolute Gasteiger partial charge is 0.304 e. The Morgan fingerprint density at radius 3 is 2.27 bits per heavy atom. The van der Waals surface area contributed by atoms with Gasteiger partial charge in [0.05, 0.1) is 9.79 Å². The van der Waals surface area contributed by atoms with Crippen LogP contribution in [0.15, 0.2) is 32.5 Å². The van der Waals surface area contributed by atoms with Gasteiger partial charge >= 0.3 is 0 Å². The maximum atomic E-state index is 13.0. The van der Waals surface area contributed by atoms with E-state index in [1.54, 1.807) is 0 Å². The lowest BCUT2D eigenvalue weighted by Crippen LogP contribution is -2.42. The Morgan fingerprint density at radius 1 is 1.19 bits per heavy atom. The molecule has 1 heterocycles. The van der Waals surface area contributed by atoms with Gasteiger partial charge in [-0.1, -0.05) is 0 Å². The van der Waals surface area contributed by atoms with Gasteiger partial charge in [0.15, 0.2) is 9.84 Å². The first-order chi connectivity index (χ1) is 11.9. The second kappa shape index (κ2) is 8.26. The van der Waals surface area contributed by atoms with E-state index in [0.717, 1.165) is 25.6 Å². The van der Waals surface area contributed by atoms with Crippen molar-refractivity contribution in [1.29, 1.82) is 0 Å². The molecule has 0 amide bonds. The fourth-order valence-electron chi connectivity index (χ4n) is 3.00. The first kappa shape index (κ1) is 21.8. The molecule has 9 heteroatoms. The summed E-state index contributed by atoms with van der Waals surface area (Å²) in [6.45, 7) is 6.15. The van der Waals surface area contributed by atoms with E-state index < -0.39 is 19.9 Å². The average molecular weight is 467 g/mol. The van der Waals surface area contributed by atoms with E-state index in [-0.39, 0.29) is 9.79 Å². The topological polar surface area (TPSA) is 74.8 Å². The van der Waals surface area contributed by atoms with Gasteiger partial charge in [-0.2, -0.15) is 4.31 Å². The predicted molar refractivity (Wildman–Crippen MR) is 107 cm³/mol. The molecule has 1 saturated heterocycles. The Kier molecular flexibility index (Phi) is 6.93. The third kappa shape index (κ3) is 5.07. The lowest BCUT2D eigenvalue weighted by Gasteiger charge is -2.34. The molecule has 1 aliphatic heterocycles. The molecule has 0 unspecified atom stereocenters. The van der Waals surface area contributed by atoms with Crippen LogP contribution >= 0.6 is 15.9 Å². The highest BCUT2D eigenvalue weighted by atomic mass is 79.9. The summed E-state index contributed by atoms with van der Waals surface area (Å²) in [6.07, 6.45) is 2.68. The number of hydrogen-bond acceptors (Lipinski definition) is 5. The van der Waals surface area contributed by atoms with Crippen molar-refractivity contribution in [2.24, 2.45) is 5.92 Å². The van der Waals surface area contributed by atoms with E-state index in [0.29, 0.717) is 29.5 Å². The fraction of sp³-hybridized carbons (Fsp3) is 0.647. The Labute approximate surface area is 165 Å². The molecule has 26 heavy (non-hydrogen) atoms. The van der Waals surface area contributed by atoms with Gasteiger partial charge in [0.25, 0.3) is 0 Å². The summed E-state index contributed by atoms with van der Waals surface area (Å²) in [5.41, 5.74) is 0. The van der Waals surface area contributed by atoms with Crippen molar-refractivity contribution in [2.45, 2.75) is 42.5 Å². The number of halogens is 1. The minimum Gasteiger partial charge on any atom is -0.304 e. The molecular formula is C17H27BrN2O4S2. The van der Waals surface area contributed by atoms with Crippen LogP contribution in [0.25, 0.3) is 0 Å². The molecule has 0 radical (unpaired) electrons. The SMILES string of the molecule is CC(C)N(C)CC1CCN(S(=O)(=O)c2cc(S(C)(=O)=O)ccc2Br)CC1. The summed E-state index contributed by atoms with van der Waals surface area (Å²) in [5.74, 6) is 0.472. The third-order valence-electron chi connectivity index (χ3n) is 4.95. The highest BCUT2D eigenvalue weighted by molar-refractivity contribution is 9.10. The van der Waals surface area contributed by atoms with Gasteiger partial charge in [0.2, 0.25) is 10.0 Å². The van der Waals surface area contributed by atoms with Crippen molar-refractivity contribution in [2.75, 3.05) is 32.9 Å². The number of piperidine rings is 1. The van der Waals surface area contributed by atoms with Crippen LogP contribution in [-0.2, 0) is 19.9 Å². The van der Waals surface area contributed by atoms with Crippen LogP contribution in [0.1, 0.15) is 26.7 Å². The van der Waals surface area contributed by atoms with Crippen LogP contribution in [0.3, 0.4) is 0 Å². The molecule has 1 aromatic rings. The normalized spacial score (nSPS) is 18.0. The molecule has 0 atom stereocenters. The Morgan fingerprint density at radius 2 is 1.77 bits per heavy atom.